The second-order valence-corrected chi connectivity index (χ2v) is 4.26. The summed E-state index contributed by atoms with van der Waals surface area (Å²) in [4.78, 5) is 4.06. The molecule has 0 saturated carbocycles. The highest BCUT2D eigenvalue weighted by Gasteiger charge is 2.06. The van der Waals surface area contributed by atoms with E-state index in [0.29, 0.717) is 4.05 Å². The van der Waals surface area contributed by atoms with E-state index in [4.69, 9.17) is 11.6 Å². The summed E-state index contributed by atoms with van der Waals surface area (Å²) < 4.78 is 2.29. The van der Waals surface area contributed by atoms with Crippen molar-refractivity contribution >= 4 is 34.2 Å². The first-order valence-electron chi connectivity index (χ1n) is 2.96. The average Bonchev–Trinajstić information content (AvgIpc) is 2.14. The standard InChI is InChI=1S/C6H8ClIN2/c1-4-6(7)10(3-9-4)5(2)8/h3,5H,1-2H3. The van der Waals surface area contributed by atoms with Gasteiger partial charge in [-0.05, 0) is 13.8 Å². The summed E-state index contributed by atoms with van der Waals surface area (Å²) in [5.74, 6) is 0. The van der Waals surface area contributed by atoms with Crippen LogP contribution in [0.1, 0.15) is 16.7 Å². The van der Waals surface area contributed by atoms with Crippen molar-refractivity contribution in [1.29, 1.82) is 0 Å². The average molecular weight is 271 g/mol. The first kappa shape index (κ1) is 8.33. The zero-order valence-corrected chi connectivity index (χ0v) is 8.72. The Balaban J connectivity index is 3.05. The minimum Gasteiger partial charge on any atom is -0.309 e. The van der Waals surface area contributed by atoms with Gasteiger partial charge in [-0.1, -0.05) is 34.2 Å². The first-order valence-corrected chi connectivity index (χ1v) is 4.58. The lowest BCUT2D eigenvalue weighted by Crippen LogP contribution is -1.94. The highest BCUT2D eigenvalue weighted by molar-refractivity contribution is 14.1. The highest BCUT2D eigenvalue weighted by Crippen LogP contribution is 2.22. The van der Waals surface area contributed by atoms with Crippen molar-refractivity contribution in [2.45, 2.75) is 17.9 Å². The quantitative estimate of drug-likeness (QED) is 0.567. The van der Waals surface area contributed by atoms with E-state index in [0.717, 1.165) is 10.8 Å². The molecule has 0 aliphatic rings. The van der Waals surface area contributed by atoms with Gasteiger partial charge in [0.05, 0.1) is 16.1 Å². The Morgan fingerprint density at radius 2 is 2.40 bits per heavy atom. The molecule has 1 aromatic rings. The SMILES string of the molecule is Cc1ncn(C(C)I)c1Cl. The molecule has 0 aliphatic carbocycles. The van der Waals surface area contributed by atoms with Crippen molar-refractivity contribution in [2.24, 2.45) is 0 Å². The highest BCUT2D eigenvalue weighted by atomic mass is 127. The van der Waals surface area contributed by atoms with Gasteiger partial charge in [-0.2, -0.15) is 0 Å². The van der Waals surface area contributed by atoms with Crippen LogP contribution in [-0.4, -0.2) is 9.55 Å². The number of hydrogen-bond acceptors (Lipinski definition) is 1. The fourth-order valence-electron chi connectivity index (χ4n) is 0.688. The van der Waals surface area contributed by atoms with Crippen LogP contribution in [0.4, 0.5) is 0 Å². The smallest absolute Gasteiger partial charge is 0.132 e. The molecule has 0 spiro atoms. The van der Waals surface area contributed by atoms with E-state index >= 15 is 0 Å². The molecular weight excluding hydrogens is 262 g/mol. The number of aromatic nitrogens is 2. The monoisotopic (exact) mass is 270 g/mol. The van der Waals surface area contributed by atoms with Crippen molar-refractivity contribution < 1.29 is 0 Å². The lowest BCUT2D eigenvalue weighted by molar-refractivity contribution is 0.768. The minimum atomic E-state index is 0.367. The second-order valence-electron chi connectivity index (χ2n) is 2.10. The van der Waals surface area contributed by atoms with Gasteiger partial charge in [0, 0.05) is 0 Å². The van der Waals surface area contributed by atoms with Crippen molar-refractivity contribution in [3.63, 3.8) is 0 Å². The number of alkyl halides is 1. The molecule has 1 heterocycles. The maximum Gasteiger partial charge on any atom is 0.132 e. The van der Waals surface area contributed by atoms with Gasteiger partial charge >= 0.3 is 0 Å². The maximum absolute atomic E-state index is 5.90. The minimum absolute atomic E-state index is 0.367. The van der Waals surface area contributed by atoms with Crippen LogP contribution in [0.5, 0.6) is 0 Å². The summed E-state index contributed by atoms with van der Waals surface area (Å²) in [5, 5.41) is 0.738. The van der Waals surface area contributed by atoms with Crippen molar-refractivity contribution in [3.05, 3.63) is 17.2 Å². The van der Waals surface area contributed by atoms with E-state index < -0.39 is 0 Å². The number of hydrogen-bond donors (Lipinski definition) is 0. The number of rotatable bonds is 1. The molecular formula is C6H8ClIN2. The van der Waals surface area contributed by atoms with Crippen LogP contribution in [0.15, 0.2) is 6.33 Å². The Hall–Kier alpha value is 0.230. The zero-order valence-electron chi connectivity index (χ0n) is 5.81. The molecule has 0 radical (unpaired) electrons. The molecule has 10 heavy (non-hydrogen) atoms. The Morgan fingerprint density at radius 1 is 1.80 bits per heavy atom. The zero-order chi connectivity index (χ0) is 7.72. The fourth-order valence-corrected chi connectivity index (χ4v) is 1.51. The molecule has 56 valence electrons. The summed E-state index contributed by atoms with van der Waals surface area (Å²) in [6.07, 6.45) is 1.76. The van der Waals surface area contributed by atoms with E-state index in [9.17, 15) is 0 Å². The number of aryl methyl sites for hydroxylation is 1. The molecule has 0 saturated heterocycles. The molecule has 0 aromatic carbocycles. The van der Waals surface area contributed by atoms with E-state index in [-0.39, 0.29) is 0 Å². The third-order valence-electron chi connectivity index (χ3n) is 1.28. The van der Waals surface area contributed by atoms with Gasteiger partial charge in [0.1, 0.15) is 5.15 Å². The maximum atomic E-state index is 5.90. The third-order valence-corrected chi connectivity index (χ3v) is 2.35. The molecule has 1 atom stereocenters. The Bertz CT molecular complexity index is 232. The second kappa shape index (κ2) is 3.09. The van der Waals surface area contributed by atoms with Gasteiger partial charge in [0.15, 0.2) is 0 Å². The van der Waals surface area contributed by atoms with Crippen molar-refractivity contribution in [3.8, 4) is 0 Å². The van der Waals surface area contributed by atoms with Crippen LogP contribution in [0.3, 0.4) is 0 Å². The summed E-state index contributed by atoms with van der Waals surface area (Å²) in [6.45, 7) is 3.96. The van der Waals surface area contributed by atoms with Gasteiger partial charge < -0.3 is 4.57 Å². The van der Waals surface area contributed by atoms with Gasteiger partial charge in [-0.3, -0.25) is 0 Å². The lowest BCUT2D eigenvalue weighted by Gasteiger charge is -2.04. The summed E-state index contributed by atoms with van der Waals surface area (Å²) in [7, 11) is 0. The number of imidazole rings is 1. The molecule has 2 nitrogen and oxygen atoms in total. The summed E-state index contributed by atoms with van der Waals surface area (Å²) >= 11 is 8.19. The predicted molar refractivity (Wildman–Crippen MR) is 50.7 cm³/mol. The molecule has 0 bridgehead atoms. The molecule has 1 unspecified atom stereocenters. The molecule has 0 fully saturated rings. The normalized spacial score (nSPS) is 13.6. The van der Waals surface area contributed by atoms with E-state index in [1.165, 1.54) is 0 Å². The van der Waals surface area contributed by atoms with E-state index in [1.54, 1.807) is 6.33 Å². The van der Waals surface area contributed by atoms with Crippen LogP contribution in [0, 0.1) is 6.92 Å². The van der Waals surface area contributed by atoms with Gasteiger partial charge in [-0.15, -0.1) is 0 Å². The van der Waals surface area contributed by atoms with Gasteiger partial charge in [-0.25, -0.2) is 4.98 Å². The Morgan fingerprint density at radius 3 is 2.60 bits per heavy atom. The van der Waals surface area contributed by atoms with Crippen molar-refractivity contribution in [1.82, 2.24) is 9.55 Å². The summed E-state index contributed by atoms with van der Waals surface area (Å²) in [6, 6.07) is 0. The first-order chi connectivity index (χ1) is 4.63. The topological polar surface area (TPSA) is 17.8 Å². The largest absolute Gasteiger partial charge is 0.309 e. The van der Waals surface area contributed by atoms with Crippen molar-refractivity contribution in [2.75, 3.05) is 0 Å². The molecule has 1 aromatic heterocycles. The summed E-state index contributed by atoms with van der Waals surface area (Å²) in [5.41, 5.74) is 0.894. The number of nitrogens with zero attached hydrogens (tertiary/aromatic N) is 2. The molecule has 0 amide bonds. The van der Waals surface area contributed by atoms with E-state index in [1.807, 2.05) is 11.5 Å². The van der Waals surface area contributed by atoms with Crippen LogP contribution < -0.4 is 0 Å². The van der Waals surface area contributed by atoms with Crippen LogP contribution in [-0.2, 0) is 0 Å². The predicted octanol–water partition coefficient (Wildman–Crippen LogP) is 2.80. The Kier molecular flexibility index (Phi) is 2.57. The fraction of sp³-hybridized carbons (Fsp3) is 0.500. The molecule has 4 heteroatoms. The Labute approximate surface area is 78.7 Å². The van der Waals surface area contributed by atoms with E-state index in [2.05, 4.69) is 34.5 Å². The number of halogens is 2. The third kappa shape index (κ3) is 1.45. The van der Waals surface area contributed by atoms with Crippen LogP contribution in [0.25, 0.3) is 0 Å². The van der Waals surface area contributed by atoms with Crippen LogP contribution in [0.2, 0.25) is 5.15 Å². The van der Waals surface area contributed by atoms with Gasteiger partial charge in [0.25, 0.3) is 0 Å². The van der Waals surface area contributed by atoms with Gasteiger partial charge in [0.2, 0.25) is 0 Å². The molecule has 0 N–H and O–H groups in total. The lowest BCUT2D eigenvalue weighted by atomic mass is 10.5. The van der Waals surface area contributed by atoms with Crippen LogP contribution >= 0.6 is 34.2 Å². The molecule has 0 aliphatic heterocycles. The molecule has 1 rings (SSSR count).